The summed E-state index contributed by atoms with van der Waals surface area (Å²) in [6.07, 6.45) is 10.4. The molecule has 8 heteroatoms. The second-order valence-corrected chi connectivity index (χ2v) is 10.3. The maximum atomic E-state index is 13.5. The van der Waals surface area contributed by atoms with E-state index in [4.69, 9.17) is 9.72 Å². The van der Waals surface area contributed by atoms with Crippen LogP contribution >= 0.6 is 23.1 Å². The molecule has 0 radical (unpaired) electrons. The van der Waals surface area contributed by atoms with Crippen LogP contribution < -0.4 is 5.56 Å². The molecule has 1 atom stereocenters. The normalized spacial score (nSPS) is 20.7. The number of thioether (sulfide) groups is 1. The third-order valence-electron chi connectivity index (χ3n) is 6.35. The lowest BCUT2D eigenvalue weighted by molar-refractivity contribution is -0.125. The van der Waals surface area contributed by atoms with Gasteiger partial charge in [0, 0.05) is 24.2 Å². The van der Waals surface area contributed by atoms with Crippen LogP contribution in [0.25, 0.3) is 10.2 Å². The summed E-state index contributed by atoms with van der Waals surface area (Å²) in [5, 5.41) is 1.44. The first kappa shape index (κ1) is 20.3. The molecule has 1 aliphatic heterocycles. The van der Waals surface area contributed by atoms with Crippen molar-refractivity contribution < 1.29 is 9.53 Å². The predicted octanol–water partition coefficient (Wildman–Crippen LogP) is 3.74. The lowest BCUT2D eigenvalue weighted by atomic mass is 10.2. The number of carbonyl (C=O) groups is 1. The summed E-state index contributed by atoms with van der Waals surface area (Å²) < 4.78 is 7.58. The van der Waals surface area contributed by atoms with Gasteiger partial charge in [0.15, 0.2) is 5.16 Å². The van der Waals surface area contributed by atoms with E-state index >= 15 is 0 Å². The minimum Gasteiger partial charge on any atom is -0.376 e. The quantitative estimate of drug-likeness (QED) is 0.501. The molecule has 30 heavy (non-hydrogen) atoms. The number of hydrogen-bond donors (Lipinski definition) is 0. The molecule has 0 aromatic carbocycles. The van der Waals surface area contributed by atoms with Gasteiger partial charge in [-0.2, -0.15) is 0 Å². The van der Waals surface area contributed by atoms with Gasteiger partial charge in [-0.15, -0.1) is 11.3 Å². The summed E-state index contributed by atoms with van der Waals surface area (Å²) in [5.41, 5.74) is 2.35. The molecule has 0 bridgehead atoms. The summed E-state index contributed by atoms with van der Waals surface area (Å²) in [4.78, 5) is 35.0. The molecular weight excluding hydrogens is 418 g/mol. The van der Waals surface area contributed by atoms with Gasteiger partial charge in [0.25, 0.3) is 5.56 Å². The van der Waals surface area contributed by atoms with Crippen molar-refractivity contribution in [1.29, 1.82) is 0 Å². The molecule has 5 rings (SSSR count). The minimum atomic E-state index is 0.0386. The van der Waals surface area contributed by atoms with E-state index in [0.29, 0.717) is 11.7 Å². The first-order valence-electron chi connectivity index (χ1n) is 10.9. The number of allylic oxidation sites excluding steroid dienone is 2. The lowest BCUT2D eigenvalue weighted by Crippen LogP contribution is -2.30. The third-order valence-corrected chi connectivity index (χ3v) is 8.49. The number of aryl methyl sites for hydroxylation is 2. The van der Waals surface area contributed by atoms with Crippen LogP contribution in [0.5, 0.6) is 0 Å². The fourth-order valence-electron chi connectivity index (χ4n) is 4.66. The average molecular weight is 446 g/mol. The number of hydrogen-bond acceptors (Lipinski definition) is 6. The van der Waals surface area contributed by atoms with Gasteiger partial charge in [-0.1, -0.05) is 17.8 Å². The molecule has 6 nitrogen and oxygen atoms in total. The van der Waals surface area contributed by atoms with Gasteiger partial charge in [0.1, 0.15) is 4.83 Å². The predicted molar refractivity (Wildman–Crippen MR) is 120 cm³/mol. The van der Waals surface area contributed by atoms with Crippen molar-refractivity contribution in [2.24, 2.45) is 0 Å². The van der Waals surface area contributed by atoms with Crippen LogP contribution in [0.1, 0.15) is 49.0 Å². The zero-order chi connectivity index (χ0) is 20.7. The fourth-order valence-corrected chi connectivity index (χ4v) is 6.89. The van der Waals surface area contributed by atoms with Crippen LogP contribution in [0, 0.1) is 0 Å². The van der Waals surface area contributed by atoms with Crippen molar-refractivity contribution in [3.63, 3.8) is 0 Å². The summed E-state index contributed by atoms with van der Waals surface area (Å²) >= 11 is 3.03. The Morgan fingerprint density at radius 3 is 3.00 bits per heavy atom. The van der Waals surface area contributed by atoms with Gasteiger partial charge in [-0.3, -0.25) is 14.2 Å². The van der Waals surface area contributed by atoms with Crippen molar-refractivity contribution in [3.05, 3.63) is 32.6 Å². The lowest BCUT2D eigenvalue weighted by Gasteiger charge is -2.19. The van der Waals surface area contributed by atoms with Crippen LogP contribution in [-0.4, -0.2) is 45.9 Å². The molecule has 3 aliphatic rings. The number of rotatable bonds is 6. The first-order valence-corrected chi connectivity index (χ1v) is 12.7. The van der Waals surface area contributed by atoms with E-state index in [0.717, 1.165) is 73.9 Å². The molecule has 160 valence electrons. The molecule has 1 saturated heterocycles. The van der Waals surface area contributed by atoms with Crippen LogP contribution in [0.4, 0.5) is 0 Å². The number of aromatic nitrogens is 2. The van der Waals surface area contributed by atoms with Gasteiger partial charge in [0.2, 0.25) is 5.91 Å². The van der Waals surface area contributed by atoms with E-state index in [1.807, 2.05) is 7.05 Å². The molecule has 0 unspecified atom stereocenters. The molecule has 2 aliphatic carbocycles. The topological polar surface area (TPSA) is 64.4 Å². The highest BCUT2D eigenvalue weighted by Gasteiger charge is 2.26. The Labute approximate surface area is 184 Å². The van der Waals surface area contributed by atoms with Gasteiger partial charge >= 0.3 is 0 Å². The molecule has 0 N–H and O–H groups in total. The van der Waals surface area contributed by atoms with E-state index in [9.17, 15) is 9.59 Å². The number of amides is 1. The van der Waals surface area contributed by atoms with Crippen molar-refractivity contribution in [3.8, 4) is 0 Å². The van der Waals surface area contributed by atoms with Gasteiger partial charge in [-0.05, 0) is 56.9 Å². The molecule has 3 heterocycles. The van der Waals surface area contributed by atoms with Gasteiger partial charge in [0.05, 0.1) is 23.8 Å². The third kappa shape index (κ3) is 3.74. The highest BCUT2D eigenvalue weighted by Crippen LogP contribution is 2.36. The zero-order valence-electron chi connectivity index (χ0n) is 17.3. The van der Waals surface area contributed by atoms with Crippen LogP contribution in [0.15, 0.2) is 21.7 Å². The summed E-state index contributed by atoms with van der Waals surface area (Å²) in [6, 6.07) is 0. The second kappa shape index (κ2) is 8.48. The van der Waals surface area contributed by atoms with Crippen LogP contribution in [0.2, 0.25) is 0 Å². The maximum absolute atomic E-state index is 13.5. The smallest absolute Gasteiger partial charge is 0.263 e. The maximum Gasteiger partial charge on any atom is 0.263 e. The molecule has 2 aromatic heterocycles. The van der Waals surface area contributed by atoms with Crippen molar-refractivity contribution in [2.45, 2.75) is 69.2 Å². The zero-order valence-corrected chi connectivity index (χ0v) is 18.9. The minimum absolute atomic E-state index is 0.0386. The highest BCUT2D eigenvalue weighted by molar-refractivity contribution is 7.99. The van der Waals surface area contributed by atoms with E-state index in [1.54, 1.807) is 20.8 Å². The van der Waals surface area contributed by atoms with E-state index in [2.05, 4.69) is 6.08 Å². The van der Waals surface area contributed by atoms with Crippen molar-refractivity contribution in [2.75, 3.05) is 19.4 Å². The SMILES string of the molecule is CN(C(=O)CSc1nc2sc3c(c2c(=O)n1C[C@@H]1CCCO1)CCC3)C1=CCCC1. The molecule has 1 fully saturated rings. The molecule has 1 amide bonds. The fraction of sp³-hybridized carbons (Fsp3) is 0.591. The largest absolute Gasteiger partial charge is 0.376 e. The summed E-state index contributed by atoms with van der Waals surface area (Å²) in [6.45, 7) is 1.27. The Balaban J connectivity index is 1.45. The number of carbonyl (C=O) groups excluding carboxylic acids is 1. The van der Waals surface area contributed by atoms with Crippen LogP contribution in [-0.2, 0) is 28.9 Å². The first-order chi connectivity index (χ1) is 14.6. The number of fused-ring (bicyclic) bond motifs is 3. The second-order valence-electron chi connectivity index (χ2n) is 8.31. The van der Waals surface area contributed by atoms with Crippen LogP contribution in [0.3, 0.4) is 0 Å². The Morgan fingerprint density at radius 1 is 1.33 bits per heavy atom. The highest BCUT2D eigenvalue weighted by atomic mass is 32.2. The van der Waals surface area contributed by atoms with Gasteiger partial charge in [-0.25, -0.2) is 4.98 Å². The van der Waals surface area contributed by atoms with E-state index < -0.39 is 0 Å². The monoisotopic (exact) mass is 445 g/mol. The number of ether oxygens (including phenoxy) is 1. The average Bonchev–Trinajstić information content (AvgIpc) is 3.51. The Hall–Kier alpha value is -1.64. The van der Waals surface area contributed by atoms with Crippen molar-refractivity contribution in [1.82, 2.24) is 14.5 Å². The standard InChI is InChI=1S/C22H27N3O3S2/c1-24(14-6-2-3-7-14)18(26)13-29-22-23-20-19(16-9-4-10-17(16)30-20)21(27)25(22)12-15-8-5-11-28-15/h6,15H,2-5,7-13H2,1H3/t15-/m0/s1. The summed E-state index contributed by atoms with van der Waals surface area (Å²) in [5.74, 6) is 0.336. The van der Waals surface area contributed by atoms with E-state index in [1.165, 1.54) is 22.2 Å². The molecule has 0 saturated carbocycles. The number of nitrogens with zero attached hydrogens (tertiary/aromatic N) is 3. The Kier molecular flexibility index (Phi) is 5.73. The molecule has 2 aromatic rings. The van der Waals surface area contributed by atoms with Gasteiger partial charge < -0.3 is 9.64 Å². The van der Waals surface area contributed by atoms with Crippen molar-refractivity contribution >= 4 is 39.2 Å². The molecular formula is C22H27N3O3S2. The Morgan fingerprint density at radius 2 is 2.23 bits per heavy atom. The number of thiophene rings is 1. The molecule has 0 spiro atoms. The van der Waals surface area contributed by atoms with E-state index in [-0.39, 0.29) is 23.3 Å². The Bertz CT molecular complexity index is 1070. The summed E-state index contributed by atoms with van der Waals surface area (Å²) in [7, 11) is 1.85.